The predicted octanol–water partition coefficient (Wildman–Crippen LogP) is 1.52. The number of rotatable bonds is 1. The van der Waals surface area contributed by atoms with Crippen molar-refractivity contribution in [1.82, 2.24) is 10.2 Å². The number of hydrogen-bond donors (Lipinski definition) is 1. The third kappa shape index (κ3) is 2.13. The number of fused-ring (bicyclic) bond motifs is 2. The molecule has 2 amide bonds. The minimum atomic E-state index is -0.657. The third-order valence-corrected chi connectivity index (χ3v) is 4.76. The van der Waals surface area contributed by atoms with Gasteiger partial charge < -0.3 is 9.80 Å². The van der Waals surface area contributed by atoms with Crippen LogP contribution in [0.2, 0.25) is 0 Å². The van der Waals surface area contributed by atoms with E-state index in [-0.39, 0.29) is 11.8 Å². The van der Waals surface area contributed by atoms with E-state index in [0.717, 1.165) is 35.5 Å². The number of aromatic nitrogens is 2. The second kappa shape index (κ2) is 5.22. The molecule has 3 heterocycles. The third-order valence-electron chi connectivity index (χ3n) is 4.76. The van der Waals surface area contributed by atoms with Gasteiger partial charge in [-0.1, -0.05) is 18.2 Å². The minimum absolute atomic E-state index is 0.126. The van der Waals surface area contributed by atoms with Crippen LogP contribution in [0.4, 0.5) is 11.4 Å². The van der Waals surface area contributed by atoms with Crippen LogP contribution in [0.1, 0.15) is 17.7 Å². The van der Waals surface area contributed by atoms with Crippen molar-refractivity contribution in [3.63, 3.8) is 0 Å². The first-order chi connectivity index (χ1) is 11.2. The topological polar surface area (TPSA) is 69.3 Å². The Morgan fingerprint density at radius 2 is 2.13 bits per heavy atom. The molecule has 118 valence electrons. The van der Waals surface area contributed by atoms with Crippen molar-refractivity contribution >= 4 is 23.2 Å². The highest BCUT2D eigenvalue weighted by molar-refractivity contribution is 6.14. The van der Waals surface area contributed by atoms with Gasteiger partial charge in [-0.3, -0.25) is 14.7 Å². The van der Waals surface area contributed by atoms with Crippen LogP contribution in [0.25, 0.3) is 0 Å². The van der Waals surface area contributed by atoms with Crippen LogP contribution in [-0.4, -0.2) is 35.6 Å². The Kier molecular flexibility index (Phi) is 3.18. The number of para-hydroxylation sites is 1. The zero-order chi connectivity index (χ0) is 16.0. The number of anilines is 2. The Bertz CT molecular complexity index is 782. The average Bonchev–Trinajstić information content (AvgIpc) is 3.06. The largest absolute Gasteiger partial charge is 0.315 e. The summed E-state index contributed by atoms with van der Waals surface area (Å²) >= 11 is 0. The van der Waals surface area contributed by atoms with E-state index in [1.807, 2.05) is 24.3 Å². The van der Waals surface area contributed by atoms with Crippen LogP contribution in [0.15, 0.2) is 30.5 Å². The standard InChI is InChI=1S/C17H18N4O2/c1-20-14-7-3-2-5-11(14)9-12(16(20)22)17(23)21-8-4-6-13-15(21)10-18-19-13/h2-3,5,7,10,12H,4,6,8-9H2,1H3,(H,18,19). The molecule has 1 atom stereocenters. The fourth-order valence-corrected chi connectivity index (χ4v) is 3.54. The van der Waals surface area contributed by atoms with Crippen molar-refractivity contribution in [1.29, 1.82) is 0 Å². The molecule has 4 rings (SSSR count). The van der Waals surface area contributed by atoms with Crippen molar-refractivity contribution in [2.45, 2.75) is 19.3 Å². The van der Waals surface area contributed by atoms with Crippen LogP contribution in [0.3, 0.4) is 0 Å². The van der Waals surface area contributed by atoms with Crippen LogP contribution >= 0.6 is 0 Å². The Balaban J connectivity index is 1.67. The second-order valence-electron chi connectivity index (χ2n) is 6.11. The van der Waals surface area contributed by atoms with Crippen molar-refractivity contribution in [2.24, 2.45) is 5.92 Å². The molecule has 0 saturated carbocycles. The first-order valence-electron chi connectivity index (χ1n) is 7.86. The van der Waals surface area contributed by atoms with E-state index >= 15 is 0 Å². The van der Waals surface area contributed by atoms with Crippen LogP contribution in [0, 0.1) is 5.92 Å². The summed E-state index contributed by atoms with van der Waals surface area (Å²) in [4.78, 5) is 29.0. The molecular formula is C17H18N4O2. The minimum Gasteiger partial charge on any atom is -0.315 e. The Labute approximate surface area is 134 Å². The van der Waals surface area contributed by atoms with Crippen molar-refractivity contribution in [2.75, 3.05) is 23.4 Å². The summed E-state index contributed by atoms with van der Waals surface area (Å²) in [6, 6.07) is 7.76. The summed E-state index contributed by atoms with van der Waals surface area (Å²) in [6.07, 6.45) is 3.91. The van der Waals surface area contributed by atoms with E-state index in [2.05, 4.69) is 10.2 Å². The summed E-state index contributed by atoms with van der Waals surface area (Å²) in [5.74, 6) is -0.918. The zero-order valence-corrected chi connectivity index (χ0v) is 13.0. The number of aryl methyl sites for hydroxylation is 1. The van der Waals surface area contributed by atoms with Crippen LogP contribution < -0.4 is 9.80 Å². The first-order valence-corrected chi connectivity index (χ1v) is 7.86. The Morgan fingerprint density at radius 3 is 3.00 bits per heavy atom. The number of carbonyl (C=O) groups is 2. The van der Waals surface area contributed by atoms with Gasteiger partial charge in [0.25, 0.3) is 0 Å². The van der Waals surface area contributed by atoms with E-state index in [1.54, 1.807) is 23.0 Å². The predicted molar refractivity (Wildman–Crippen MR) is 86.3 cm³/mol. The number of amides is 2. The van der Waals surface area contributed by atoms with Crippen molar-refractivity contribution in [3.05, 3.63) is 41.7 Å². The van der Waals surface area contributed by atoms with Crippen LogP contribution in [-0.2, 0) is 22.4 Å². The summed E-state index contributed by atoms with van der Waals surface area (Å²) in [6.45, 7) is 0.639. The molecule has 2 aliphatic heterocycles. The lowest BCUT2D eigenvalue weighted by atomic mass is 9.90. The van der Waals surface area contributed by atoms with E-state index < -0.39 is 5.92 Å². The lowest BCUT2D eigenvalue weighted by Crippen LogP contribution is -2.49. The summed E-state index contributed by atoms with van der Waals surface area (Å²) in [5.41, 5.74) is 3.72. The fourth-order valence-electron chi connectivity index (χ4n) is 3.54. The van der Waals surface area contributed by atoms with Gasteiger partial charge in [-0.15, -0.1) is 0 Å². The van der Waals surface area contributed by atoms with Gasteiger partial charge in [0.05, 0.1) is 17.6 Å². The molecule has 0 spiro atoms. The molecule has 1 unspecified atom stereocenters. The van der Waals surface area contributed by atoms with Crippen molar-refractivity contribution < 1.29 is 9.59 Å². The van der Waals surface area contributed by atoms with Crippen LogP contribution in [0.5, 0.6) is 0 Å². The number of H-pyrrole nitrogens is 1. The number of nitrogens with one attached hydrogen (secondary N) is 1. The quantitative estimate of drug-likeness (QED) is 0.812. The molecule has 0 saturated heterocycles. The molecule has 1 aromatic carbocycles. The number of nitrogens with zero attached hydrogens (tertiary/aromatic N) is 3. The fraction of sp³-hybridized carbons (Fsp3) is 0.353. The first kappa shape index (κ1) is 14.0. The zero-order valence-electron chi connectivity index (χ0n) is 13.0. The number of carbonyl (C=O) groups excluding carboxylic acids is 2. The molecule has 23 heavy (non-hydrogen) atoms. The maximum absolute atomic E-state index is 13.0. The monoisotopic (exact) mass is 310 g/mol. The summed E-state index contributed by atoms with van der Waals surface area (Å²) < 4.78 is 0. The second-order valence-corrected chi connectivity index (χ2v) is 6.11. The normalized spacial score (nSPS) is 20.2. The van der Waals surface area contributed by atoms with Gasteiger partial charge in [0.15, 0.2) is 0 Å². The smallest absolute Gasteiger partial charge is 0.240 e. The molecule has 0 bridgehead atoms. The van der Waals surface area contributed by atoms with Gasteiger partial charge >= 0.3 is 0 Å². The van der Waals surface area contributed by atoms with E-state index in [0.29, 0.717) is 13.0 Å². The van der Waals surface area contributed by atoms with E-state index in [1.165, 1.54) is 0 Å². The molecule has 6 nitrogen and oxygen atoms in total. The molecular weight excluding hydrogens is 292 g/mol. The SMILES string of the molecule is CN1C(=O)C(C(=O)N2CCCc3[nH]ncc32)Cc2ccccc21. The van der Waals surface area contributed by atoms with Gasteiger partial charge in [-0.05, 0) is 30.9 Å². The summed E-state index contributed by atoms with van der Waals surface area (Å²) in [7, 11) is 1.74. The number of hydrogen-bond acceptors (Lipinski definition) is 3. The summed E-state index contributed by atoms with van der Waals surface area (Å²) in [5, 5.41) is 6.98. The number of aromatic amines is 1. The average molecular weight is 310 g/mol. The highest BCUT2D eigenvalue weighted by Gasteiger charge is 2.39. The number of benzene rings is 1. The van der Waals surface area contributed by atoms with E-state index in [9.17, 15) is 9.59 Å². The molecule has 0 fully saturated rings. The Morgan fingerprint density at radius 1 is 1.30 bits per heavy atom. The molecule has 0 radical (unpaired) electrons. The van der Waals surface area contributed by atoms with Gasteiger partial charge in [-0.25, -0.2) is 0 Å². The van der Waals surface area contributed by atoms with Crippen molar-refractivity contribution in [3.8, 4) is 0 Å². The molecule has 2 aliphatic rings. The molecule has 2 aromatic rings. The lowest BCUT2D eigenvalue weighted by molar-refractivity contribution is -0.132. The lowest BCUT2D eigenvalue weighted by Gasteiger charge is -2.35. The Hall–Kier alpha value is -2.63. The molecule has 1 aromatic heterocycles. The van der Waals surface area contributed by atoms with Gasteiger partial charge in [0, 0.05) is 19.3 Å². The molecule has 0 aliphatic carbocycles. The molecule has 1 N–H and O–H groups in total. The van der Waals surface area contributed by atoms with Gasteiger partial charge in [-0.2, -0.15) is 5.10 Å². The van der Waals surface area contributed by atoms with Gasteiger partial charge in [0.1, 0.15) is 5.92 Å². The highest BCUT2D eigenvalue weighted by Crippen LogP contribution is 2.32. The highest BCUT2D eigenvalue weighted by atomic mass is 16.2. The maximum Gasteiger partial charge on any atom is 0.240 e. The van der Waals surface area contributed by atoms with E-state index in [4.69, 9.17) is 0 Å². The van der Waals surface area contributed by atoms with Gasteiger partial charge in [0.2, 0.25) is 11.8 Å². The molecule has 6 heteroatoms. The maximum atomic E-state index is 13.0.